The summed E-state index contributed by atoms with van der Waals surface area (Å²) in [5.41, 5.74) is 2.98. The molecule has 8 heteroatoms. The maximum Gasteiger partial charge on any atom is 0.321 e. The molecule has 2 aromatic carbocycles. The second-order valence-electron chi connectivity index (χ2n) is 6.96. The first-order chi connectivity index (χ1) is 14.2. The number of hydrogen-bond donors (Lipinski definition) is 3. The summed E-state index contributed by atoms with van der Waals surface area (Å²) in [6.45, 7) is 2.92. The third kappa shape index (κ3) is 7.08. The predicted octanol–water partition coefficient (Wildman–Crippen LogP) is 3.81. The van der Waals surface area contributed by atoms with Crippen molar-refractivity contribution in [3.05, 3.63) is 59.7 Å². The number of rotatable bonds is 6. The fraction of sp³-hybridized carbons (Fsp3) is 0.364. The zero-order valence-electron chi connectivity index (χ0n) is 17.5. The Hall–Kier alpha value is -2.49. The van der Waals surface area contributed by atoms with Crippen LogP contribution in [0.1, 0.15) is 24.0 Å². The highest BCUT2D eigenvalue weighted by Crippen LogP contribution is 2.14. The highest BCUT2D eigenvalue weighted by Gasteiger charge is 2.17. The molecule has 0 bridgehead atoms. The maximum atomic E-state index is 12.3. The molecule has 2 aromatic rings. The minimum Gasteiger partial charge on any atom is -0.497 e. The average molecular weight is 523 g/mol. The molecule has 0 atom stereocenters. The molecule has 0 radical (unpaired) electrons. The minimum atomic E-state index is -0.0247. The van der Waals surface area contributed by atoms with Crippen LogP contribution in [0.2, 0.25) is 0 Å². The molecule has 0 saturated carbocycles. The molecule has 0 unspecified atom stereocenters. The summed E-state index contributed by atoms with van der Waals surface area (Å²) in [5, 5.41) is 9.59. The molecule has 30 heavy (non-hydrogen) atoms. The van der Waals surface area contributed by atoms with Crippen molar-refractivity contribution < 1.29 is 9.53 Å². The monoisotopic (exact) mass is 523 g/mol. The number of likely N-dealkylation sites (tertiary alicyclic amines) is 1. The van der Waals surface area contributed by atoms with E-state index in [9.17, 15) is 4.79 Å². The first-order valence-electron chi connectivity index (χ1n) is 9.90. The average Bonchev–Trinajstić information content (AvgIpc) is 3.29. The Morgan fingerprint density at radius 3 is 2.30 bits per heavy atom. The van der Waals surface area contributed by atoms with Crippen molar-refractivity contribution in [2.24, 2.45) is 4.99 Å². The Kier molecular flexibility index (Phi) is 9.72. The molecule has 1 fully saturated rings. The van der Waals surface area contributed by atoms with Crippen molar-refractivity contribution in [2.75, 3.05) is 32.6 Å². The number of nitrogens with zero attached hydrogens (tertiary/aromatic N) is 2. The van der Waals surface area contributed by atoms with Crippen molar-refractivity contribution in [3.63, 3.8) is 0 Å². The maximum absolute atomic E-state index is 12.3. The summed E-state index contributed by atoms with van der Waals surface area (Å²) in [5.74, 6) is 1.54. The van der Waals surface area contributed by atoms with Gasteiger partial charge in [-0.3, -0.25) is 4.99 Å². The van der Waals surface area contributed by atoms with Crippen molar-refractivity contribution in [3.8, 4) is 5.75 Å². The van der Waals surface area contributed by atoms with Crippen LogP contribution in [0.4, 0.5) is 10.5 Å². The number of benzene rings is 2. The minimum absolute atomic E-state index is 0. The van der Waals surface area contributed by atoms with E-state index in [-0.39, 0.29) is 30.0 Å². The van der Waals surface area contributed by atoms with Crippen molar-refractivity contribution >= 4 is 41.7 Å². The normalized spacial score (nSPS) is 13.4. The molecule has 7 nitrogen and oxygen atoms in total. The summed E-state index contributed by atoms with van der Waals surface area (Å²) in [4.78, 5) is 18.4. The molecule has 0 spiro atoms. The number of guanidine groups is 1. The molecule has 3 rings (SSSR count). The first-order valence-corrected chi connectivity index (χ1v) is 9.90. The second kappa shape index (κ2) is 12.3. The topological polar surface area (TPSA) is 78.0 Å². The Bertz CT molecular complexity index is 853. The standard InChI is InChI=1S/C22H29N5O2.HI/c1-23-21(25-16-18-8-6-10-20(14-18)29-2)24-15-17-7-5-9-19(13-17)26-22(28)27-11-3-4-12-27;/h5-10,13-14H,3-4,11-12,15-16H2,1-2H3,(H,26,28)(H2,23,24,25);1H. The highest BCUT2D eigenvalue weighted by molar-refractivity contribution is 14.0. The van der Waals surface area contributed by atoms with E-state index < -0.39 is 0 Å². The van der Waals surface area contributed by atoms with Crippen LogP contribution in [-0.4, -0.2) is 44.1 Å². The Balaban J connectivity index is 0.00000320. The van der Waals surface area contributed by atoms with Gasteiger partial charge in [0.25, 0.3) is 0 Å². The van der Waals surface area contributed by atoms with Gasteiger partial charge >= 0.3 is 6.03 Å². The highest BCUT2D eigenvalue weighted by atomic mass is 127. The molecule has 1 heterocycles. The van der Waals surface area contributed by atoms with Gasteiger partial charge in [-0.1, -0.05) is 24.3 Å². The van der Waals surface area contributed by atoms with Gasteiger partial charge in [-0.15, -0.1) is 24.0 Å². The van der Waals surface area contributed by atoms with Crippen LogP contribution >= 0.6 is 24.0 Å². The number of carbonyl (C=O) groups excluding carboxylic acids is 1. The lowest BCUT2D eigenvalue weighted by molar-refractivity contribution is 0.222. The van der Waals surface area contributed by atoms with Gasteiger partial charge in [0, 0.05) is 38.9 Å². The van der Waals surface area contributed by atoms with Gasteiger partial charge in [0.2, 0.25) is 0 Å². The van der Waals surface area contributed by atoms with Crippen molar-refractivity contribution in [1.82, 2.24) is 15.5 Å². The van der Waals surface area contributed by atoms with Crippen LogP contribution in [0.15, 0.2) is 53.5 Å². The fourth-order valence-electron chi connectivity index (χ4n) is 3.26. The van der Waals surface area contributed by atoms with Gasteiger partial charge in [0.1, 0.15) is 5.75 Å². The summed E-state index contributed by atoms with van der Waals surface area (Å²) in [6.07, 6.45) is 2.17. The molecule has 2 amide bonds. The second-order valence-corrected chi connectivity index (χ2v) is 6.96. The van der Waals surface area contributed by atoms with E-state index >= 15 is 0 Å². The number of urea groups is 1. The van der Waals surface area contributed by atoms with Crippen LogP contribution in [0.5, 0.6) is 5.75 Å². The molecule has 3 N–H and O–H groups in total. The van der Waals surface area contributed by atoms with E-state index in [0.29, 0.717) is 19.0 Å². The molecule has 162 valence electrons. The smallest absolute Gasteiger partial charge is 0.321 e. The number of carbonyl (C=O) groups is 1. The number of aliphatic imine (C=N–C) groups is 1. The predicted molar refractivity (Wildman–Crippen MR) is 132 cm³/mol. The molecule has 0 aromatic heterocycles. The fourth-order valence-corrected chi connectivity index (χ4v) is 3.26. The Morgan fingerprint density at radius 2 is 1.67 bits per heavy atom. The van der Waals surface area contributed by atoms with E-state index in [1.165, 1.54) is 0 Å². The Morgan fingerprint density at radius 1 is 1.03 bits per heavy atom. The van der Waals surface area contributed by atoms with Crippen molar-refractivity contribution in [2.45, 2.75) is 25.9 Å². The number of methoxy groups -OCH3 is 1. The quantitative estimate of drug-likeness (QED) is 0.306. The lowest BCUT2D eigenvalue weighted by Gasteiger charge is -2.17. The van der Waals surface area contributed by atoms with Gasteiger partial charge < -0.3 is 25.6 Å². The van der Waals surface area contributed by atoms with Gasteiger partial charge in [0.15, 0.2) is 5.96 Å². The van der Waals surface area contributed by atoms with Gasteiger partial charge in [0.05, 0.1) is 7.11 Å². The molecular weight excluding hydrogens is 493 g/mol. The number of hydrogen-bond acceptors (Lipinski definition) is 3. The van der Waals surface area contributed by atoms with E-state index in [1.807, 2.05) is 53.4 Å². The van der Waals surface area contributed by atoms with Gasteiger partial charge in [-0.05, 0) is 48.2 Å². The molecular formula is C22H30IN5O2. The number of ether oxygens (including phenoxy) is 1. The number of nitrogens with one attached hydrogen (secondary N) is 3. The van der Waals surface area contributed by atoms with Crippen LogP contribution in [0.25, 0.3) is 0 Å². The zero-order chi connectivity index (χ0) is 20.5. The summed E-state index contributed by atoms with van der Waals surface area (Å²) >= 11 is 0. The van der Waals surface area contributed by atoms with Crippen LogP contribution in [0, 0.1) is 0 Å². The number of halogens is 1. The number of anilines is 1. The Labute approximate surface area is 195 Å². The van der Waals surface area contributed by atoms with E-state index in [4.69, 9.17) is 4.74 Å². The molecule has 1 aliphatic rings. The lowest BCUT2D eigenvalue weighted by atomic mass is 10.2. The largest absolute Gasteiger partial charge is 0.497 e. The van der Waals surface area contributed by atoms with Gasteiger partial charge in [-0.25, -0.2) is 4.79 Å². The summed E-state index contributed by atoms with van der Waals surface area (Å²) in [6, 6.07) is 15.8. The van der Waals surface area contributed by atoms with E-state index in [0.717, 1.165) is 48.5 Å². The number of amides is 2. The zero-order valence-corrected chi connectivity index (χ0v) is 19.8. The molecule has 1 saturated heterocycles. The van der Waals surface area contributed by atoms with Crippen LogP contribution in [-0.2, 0) is 13.1 Å². The van der Waals surface area contributed by atoms with Crippen LogP contribution in [0.3, 0.4) is 0 Å². The SMILES string of the molecule is CN=C(NCc1cccc(NC(=O)N2CCCC2)c1)NCc1cccc(OC)c1.I. The lowest BCUT2D eigenvalue weighted by Crippen LogP contribution is -2.36. The third-order valence-electron chi connectivity index (χ3n) is 4.85. The van der Waals surface area contributed by atoms with Crippen LogP contribution < -0.4 is 20.7 Å². The van der Waals surface area contributed by atoms with E-state index in [2.05, 4.69) is 20.9 Å². The summed E-state index contributed by atoms with van der Waals surface area (Å²) in [7, 11) is 3.41. The van der Waals surface area contributed by atoms with Gasteiger partial charge in [-0.2, -0.15) is 0 Å². The first kappa shape index (κ1) is 23.8. The summed E-state index contributed by atoms with van der Waals surface area (Å²) < 4.78 is 5.26. The molecule has 0 aliphatic carbocycles. The van der Waals surface area contributed by atoms with Crippen molar-refractivity contribution in [1.29, 1.82) is 0 Å². The third-order valence-corrected chi connectivity index (χ3v) is 4.85. The van der Waals surface area contributed by atoms with E-state index in [1.54, 1.807) is 14.2 Å². The molecule has 1 aliphatic heterocycles.